The molecular formula is C10H16Cl2N4. The third kappa shape index (κ3) is 3.20. The molecule has 2 heterocycles. The van der Waals surface area contributed by atoms with Crippen LogP contribution in [-0.2, 0) is 0 Å². The molecule has 1 aliphatic rings. The first-order valence-corrected chi connectivity index (χ1v) is 5.57. The van der Waals surface area contributed by atoms with Crippen molar-refractivity contribution in [2.45, 2.75) is 18.9 Å². The van der Waals surface area contributed by atoms with Crippen LogP contribution in [0, 0.1) is 0 Å². The highest BCUT2D eigenvalue weighted by Crippen LogP contribution is 2.15. The number of hydrogen-bond donors (Lipinski definition) is 1. The molecule has 90 valence electrons. The van der Waals surface area contributed by atoms with Gasteiger partial charge in [-0.1, -0.05) is 11.6 Å². The van der Waals surface area contributed by atoms with Gasteiger partial charge in [-0.15, -0.1) is 12.4 Å². The predicted octanol–water partition coefficient (Wildman–Crippen LogP) is 1.74. The molecule has 1 fully saturated rings. The van der Waals surface area contributed by atoms with Gasteiger partial charge in [0.05, 0.1) is 0 Å². The van der Waals surface area contributed by atoms with Crippen LogP contribution in [0.4, 0.5) is 5.95 Å². The van der Waals surface area contributed by atoms with Crippen LogP contribution < -0.4 is 10.2 Å². The van der Waals surface area contributed by atoms with E-state index in [9.17, 15) is 0 Å². The van der Waals surface area contributed by atoms with Crippen LogP contribution in [0.3, 0.4) is 0 Å². The number of nitrogens with zero attached hydrogens (tertiary/aromatic N) is 3. The van der Waals surface area contributed by atoms with E-state index in [-0.39, 0.29) is 12.4 Å². The van der Waals surface area contributed by atoms with E-state index in [4.69, 9.17) is 11.6 Å². The van der Waals surface area contributed by atoms with Crippen molar-refractivity contribution in [2.75, 3.05) is 25.0 Å². The van der Waals surface area contributed by atoms with E-state index in [0.717, 1.165) is 13.1 Å². The molecule has 16 heavy (non-hydrogen) atoms. The lowest BCUT2D eigenvalue weighted by molar-refractivity contribution is 0.441. The molecule has 1 saturated heterocycles. The maximum Gasteiger partial charge on any atom is 0.226 e. The number of aromatic nitrogens is 2. The van der Waals surface area contributed by atoms with Crippen LogP contribution in [0.5, 0.6) is 0 Å². The molecule has 4 nitrogen and oxygen atoms in total. The number of nitrogens with one attached hydrogen (secondary N) is 1. The molecule has 0 amide bonds. The molecule has 1 aliphatic heterocycles. The second kappa shape index (κ2) is 6.23. The van der Waals surface area contributed by atoms with Crippen molar-refractivity contribution in [3.63, 3.8) is 0 Å². The van der Waals surface area contributed by atoms with E-state index >= 15 is 0 Å². The van der Waals surface area contributed by atoms with Crippen molar-refractivity contribution in [2.24, 2.45) is 0 Å². The molecule has 0 saturated carbocycles. The van der Waals surface area contributed by atoms with Crippen LogP contribution in [0.15, 0.2) is 12.3 Å². The lowest BCUT2D eigenvalue weighted by atomic mass is 10.1. The van der Waals surface area contributed by atoms with Gasteiger partial charge in [0.25, 0.3) is 0 Å². The number of piperidine rings is 1. The van der Waals surface area contributed by atoms with Crippen molar-refractivity contribution >= 4 is 30.0 Å². The molecule has 0 bridgehead atoms. The van der Waals surface area contributed by atoms with Crippen molar-refractivity contribution in [3.8, 4) is 0 Å². The fourth-order valence-corrected chi connectivity index (χ4v) is 1.96. The minimum atomic E-state index is 0. The maximum atomic E-state index is 5.83. The molecule has 2 rings (SSSR count). The summed E-state index contributed by atoms with van der Waals surface area (Å²) in [6, 6.07) is 2.16. The number of anilines is 1. The third-order valence-electron chi connectivity index (χ3n) is 2.74. The van der Waals surface area contributed by atoms with Crippen molar-refractivity contribution in [1.82, 2.24) is 15.3 Å². The Morgan fingerprint density at radius 2 is 2.38 bits per heavy atom. The zero-order valence-electron chi connectivity index (χ0n) is 9.19. The number of halogens is 2. The van der Waals surface area contributed by atoms with Crippen LogP contribution in [0.2, 0.25) is 5.15 Å². The smallest absolute Gasteiger partial charge is 0.226 e. The number of rotatable bonds is 2. The summed E-state index contributed by atoms with van der Waals surface area (Å²) in [7, 11) is 2.02. The lowest BCUT2D eigenvalue weighted by Gasteiger charge is -2.31. The Kier molecular flexibility index (Phi) is 5.25. The third-order valence-corrected chi connectivity index (χ3v) is 2.95. The predicted molar refractivity (Wildman–Crippen MR) is 68.6 cm³/mol. The summed E-state index contributed by atoms with van der Waals surface area (Å²) >= 11 is 5.83. The Morgan fingerprint density at radius 1 is 1.56 bits per heavy atom. The first-order chi connectivity index (χ1) is 7.27. The molecular weight excluding hydrogens is 247 g/mol. The molecule has 0 unspecified atom stereocenters. The minimum absolute atomic E-state index is 0. The standard InChI is InChI=1S/C10H15ClN4.ClH/c1-15(8-3-2-5-12-7-8)10-13-6-4-9(11)14-10;/h4,6,8,12H,2-3,5,7H2,1H3;1H/t8-;/m0./s1. The van der Waals surface area contributed by atoms with Gasteiger partial charge in [0.15, 0.2) is 0 Å². The lowest BCUT2D eigenvalue weighted by Crippen LogP contribution is -2.44. The summed E-state index contributed by atoms with van der Waals surface area (Å²) < 4.78 is 0. The Morgan fingerprint density at radius 3 is 3.00 bits per heavy atom. The topological polar surface area (TPSA) is 41.1 Å². The highest BCUT2D eigenvalue weighted by atomic mass is 35.5. The molecule has 0 aliphatic carbocycles. The normalized spacial score (nSPS) is 20.0. The number of likely N-dealkylation sites (N-methyl/N-ethyl adjacent to an activating group) is 1. The van der Waals surface area contributed by atoms with Gasteiger partial charge in [0.1, 0.15) is 5.15 Å². The summed E-state index contributed by atoms with van der Waals surface area (Å²) in [5.74, 6) is 0.705. The Hall–Kier alpha value is -0.580. The van der Waals surface area contributed by atoms with E-state index in [1.165, 1.54) is 12.8 Å². The average molecular weight is 263 g/mol. The van der Waals surface area contributed by atoms with Gasteiger partial charge in [-0.3, -0.25) is 0 Å². The van der Waals surface area contributed by atoms with Gasteiger partial charge in [0.2, 0.25) is 5.95 Å². The van der Waals surface area contributed by atoms with E-state index in [0.29, 0.717) is 17.1 Å². The average Bonchev–Trinajstić information content (AvgIpc) is 2.29. The Labute approximate surface area is 107 Å². The molecule has 0 aromatic carbocycles. The van der Waals surface area contributed by atoms with Gasteiger partial charge in [-0.05, 0) is 25.5 Å². The molecule has 1 aromatic rings. The van der Waals surface area contributed by atoms with Crippen LogP contribution >= 0.6 is 24.0 Å². The number of hydrogen-bond acceptors (Lipinski definition) is 4. The van der Waals surface area contributed by atoms with Crippen molar-refractivity contribution in [3.05, 3.63) is 17.4 Å². The first-order valence-electron chi connectivity index (χ1n) is 5.19. The molecule has 1 atom stereocenters. The largest absolute Gasteiger partial charge is 0.340 e. The molecule has 0 radical (unpaired) electrons. The van der Waals surface area contributed by atoms with Gasteiger partial charge >= 0.3 is 0 Å². The van der Waals surface area contributed by atoms with Gasteiger partial charge in [-0.25, -0.2) is 9.97 Å². The highest BCUT2D eigenvalue weighted by molar-refractivity contribution is 6.29. The molecule has 6 heteroatoms. The highest BCUT2D eigenvalue weighted by Gasteiger charge is 2.19. The summed E-state index contributed by atoms with van der Waals surface area (Å²) in [5, 5.41) is 3.87. The molecule has 1 aromatic heterocycles. The van der Waals surface area contributed by atoms with Crippen LogP contribution in [0.25, 0.3) is 0 Å². The van der Waals surface area contributed by atoms with Crippen molar-refractivity contribution in [1.29, 1.82) is 0 Å². The quantitative estimate of drug-likeness (QED) is 0.825. The van der Waals surface area contributed by atoms with Gasteiger partial charge in [-0.2, -0.15) is 0 Å². The van der Waals surface area contributed by atoms with E-state index in [2.05, 4.69) is 20.2 Å². The maximum absolute atomic E-state index is 5.83. The minimum Gasteiger partial charge on any atom is -0.340 e. The summed E-state index contributed by atoms with van der Waals surface area (Å²) in [4.78, 5) is 10.5. The Bertz CT molecular complexity index is 328. The first kappa shape index (κ1) is 13.5. The monoisotopic (exact) mass is 262 g/mol. The zero-order valence-corrected chi connectivity index (χ0v) is 10.8. The van der Waals surface area contributed by atoms with Gasteiger partial charge < -0.3 is 10.2 Å². The fraction of sp³-hybridized carbons (Fsp3) is 0.600. The van der Waals surface area contributed by atoms with Crippen LogP contribution in [-0.4, -0.2) is 36.1 Å². The van der Waals surface area contributed by atoms with E-state index in [1.54, 1.807) is 12.3 Å². The summed E-state index contributed by atoms with van der Waals surface area (Å²) in [5.41, 5.74) is 0. The van der Waals surface area contributed by atoms with Crippen molar-refractivity contribution < 1.29 is 0 Å². The molecule has 0 spiro atoms. The van der Waals surface area contributed by atoms with Crippen LogP contribution in [0.1, 0.15) is 12.8 Å². The van der Waals surface area contributed by atoms with E-state index in [1.807, 2.05) is 7.05 Å². The summed E-state index contributed by atoms with van der Waals surface area (Å²) in [6.45, 7) is 2.10. The zero-order chi connectivity index (χ0) is 10.7. The van der Waals surface area contributed by atoms with Gasteiger partial charge in [0, 0.05) is 25.8 Å². The SMILES string of the molecule is CN(c1nccc(Cl)n1)[C@H]1CCCNC1.Cl. The molecule has 1 N–H and O–H groups in total. The Balaban J connectivity index is 0.00000128. The second-order valence-corrected chi connectivity index (χ2v) is 4.18. The van der Waals surface area contributed by atoms with E-state index < -0.39 is 0 Å². The fourth-order valence-electron chi connectivity index (χ4n) is 1.82. The second-order valence-electron chi connectivity index (χ2n) is 3.79. The summed E-state index contributed by atoms with van der Waals surface area (Å²) in [6.07, 6.45) is 4.08.